The van der Waals surface area contributed by atoms with Crippen molar-refractivity contribution < 1.29 is 4.79 Å². The van der Waals surface area contributed by atoms with E-state index < -0.39 is 17.2 Å². The second-order valence-corrected chi connectivity index (χ2v) is 9.02. The second kappa shape index (κ2) is 8.92. The maximum atomic E-state index is 13.7. The van der Waals surface area contributed by atoms with Crippen molar-refractivity contribution in [2.24, 2.45) is 7.05 Å². The van der Waals surface area contributed by atoms with Gasteiger partial charge in [0.2, 0.25) is 5.91 Å². The summed E-state index contributed by atoms with van der Waals surface area (Å²) < 4.78 is 4.37. The number of anilines is 1. The average Bonchev–Trinajstić information content (AvgIpc) is 3.11. The first-order chi connectivity index (χ1) is 16.8. The lowest BCUT2D eigenvalue weighted by Crippen LogP contribution is -2.42. The van der Waals surface area contributed by atoms with Crippen molar-refractivity contribution in [1.82, 2.24) is 13.7 Å². The minimum Gasteiger partial charge on any atom is -0.338 e. The molecule has 3 aromatic carbocycles. The Bertz CT molecular complexity index is 1710. The standard InChI is InChI=1S/C27H23ClN4O3/c1-17-11-12-22-21(13-17)24-25(30(22)2)26(34)32(15-18-7-4-3-5-8-18)27(35)31(24)16-23(33)29-20-10-6-9-19(28)14-20/h3-14H,15-16H2,1-2H3,(H,29,33). The molecule has 0 bridgehead atoms. The maximum absolute atomic E-state index is 13.7. The molecule has 0 spiro atoms. The van der Waals surface area contributed by atoms with Gasteiger partial charge in [-0.15, -0.1) is 0 Å². The highest BCUT2D eigenvalue weighted by Crippen LogP contribution is 2.26. The van der Waals surface area contributed by atoms with Crippen molar-refractivity contribution in [2.75, 3.05) is 5.32 Å². The lowest BCUT2D eigenvalue weighted by Gasteiger charge is -2.13. The number of benzene rings is 3. The lowest BCUT2D eigenvalue weighted by atomic mass is 10.1. The van der Waals surface area contributed by atoms with Crippen LogP contribution in [0.1, 0.15) is 11.1 Å². The van der Waals surface area contributed by atoms with Gasteiger partial charge in [-0.1, -0.05) is 59.6 Å². The first-order valence-corrected chi connectivity index (χ1v) is 11.5. The van der Waals surface area contributed by atoms with Gasteiger partial charge in [0.05, 0.1) is 17.6 Å². The van der Waals surface area contributed by atoms with E-state index in [0.717, 1.165) is 22.0 Å². The van der Waals surface area contributed by atoms with Crippen molar-refractivity contribution in [1.29, 1.82) is 0 Å². The molecular weight excluding hydrogens is 464 g/mol. The summed E-state index contributed by atoms with van der Waals surface area (Å²) in [5, 5.41) is 4.03. The van der Waals surface area contributed by atoms with Gasteiger partial charge in [0, 0.05) is 23.1 Å². The summed E-state index contributed by atoms with van der Waals surface area (Å²) in [4.78, 5) is 40.4. The van der Waals surface area contributed by atoms with Gasteiger partial charge < -0.3 is 9.88 Å². The number of carbonyl (C=O) groups is 1. The van der Waals surface area contributed by atoms with E-state index in [1.165, 1.54) is 9.13 Å². The van der Waals surface area contributed by atoms with E-state index in [2.05, 4.69) is 5.32 Å². The summed E-state index contributed by atoms with van der Waals surface area (Å²) in [7, 11) is 1.80. The van der Waals surface area contributed by atoms with E-state index in [9.17, 15) is 14.4 Å². The van der Waals surface area contributed by atoms with Crippen LogP contribution in [-0.2, 0) is 24.9 Å². The van der Waals surface area contributed by atoms with Crippen LogP contribution in [0.2, 0.25) is 5.02 Å². The van der Waals surface area contributed by atoms with E-state index in [1.54, 1.807) is 35.9 Å². The van der Waals surface area contributed by atoms with Crippen LogP contribution >= 0.6 is 11.6 Å². The SMILES string of the molecule is Cc1ccc2c(c1)c1c(c(=O)n(Cc3ccccc3)c(=O)n1CC(=O)Nc1cccc(Cl)c1)n2C. The molecule has 0 unspecified atom stereocenters. The van der Waals surface area contributed by atoms with Gasteiger partial charge in [-0.2, -0.15) is 0 Å². The topological polar surface area (TPSA) is 78.0 Å². The van der Waals surface area contributed by atoms with E-state index in [-0.39, 0.29) is 13.1 Å². The fourth-order valence-corrected chi connectivity index (χ4v) is 4.67. The van der Waals surface area contributed by atoms with Crippen molar-refractivity contribution in [3.05, 3.63) is 110 Å². The monoisotopic (exact) mass is 486 g/mol. The number of nitrogens with zero attached hydrogens (tertiary/aromatic N) is 3. The highest BCUT2D eigenvalue weighted by Gasteiger charge is 2.22. The van der Waals surface area contributed by atoms with Gasteiger partial charge in [0.1, 0.15) is 12.1 Å². The van der Waals surface area contributed by atoms with Gasteiger partial charge in [0.25, 0.3) is 5.56 Å². The predicted molar refractivity (Wildman–Crippen MR) is 139 cm³/mol. The number of hydrogen-bond acceptors (Lipinski definition) is 3. The molecule has 0 aliphatic carbocycles. The third kappa shape index (κ3) is 4.15. The molecule has 2 aromatic heterocycles. The van der Waals surface area contributed by atoms with E-state index in [4.69, 9.17) is 11.6 Å². The van der Waals surface area contributed by atoms with E-state index in [0.29, 0.717) is 21.7 Å². The Morgan fingerprint density at radius 1 is 0.914 bits per heavy atom. The number of aryl methyl sites for hydroxylation is 2. The molecule has 8 heteroatoms. The number of nitrogens with one attached hydrogen (secondary N) is 1. The predicted octanol–water partition coefficient (Wildman–Crippen LogP) is 4.30. The summed E-state index contributed by atoms with van der Waals surface area (Å²) in [6.07, 6.45) is 0. The molecule has 7 nitrogen and oxygen atoms in total. The fraction of sp³-hybridized carbons (Fsp3) is 0.148. The molecule has 0 radical (unpaired) electrons. The van der Waals surface area contributed by atoms with Gasteiger partial charge in [-0.25, -0.2) is 4.79 Å². The summed E-state index contributed by atoms with van der Waals surface area (Å²) >= 11 is 6.04. The normalized spacial score (nSPS) is 11.3. The summed E-state index contributed by atoms with van der Waals surface area (Å²) in [5.74, 6) is -0.398. The van der Waals surface area contributed by atoms with E-state index >= 15 is 0 Å². The zero-order valence-electron chi connectivity index (χ0n) is 19.3. The zero-order valence-corrected chi connectivity index (χ0v) is 20.0. The summed E-state index contributed by atoms with van der Waals surface area (Å²) in [5.41, 5.74) is 3.03. The first kappa shape index (κ1) is 22.7. The third-order valence-electron chi connectivity index (χ3n) is 6.10. The van der Waals surface area contributed by atoms with Gasteiger partial charge in [-0.05, 0) is 42.8 Å². The molecule has 2 heterocycles. The number of rotatable bonds is 5. The Morgan fingerprint density at radius 3 is 2.43 bits per heavy atom. The van der Waals surface area contributed by atoms with Crippen molar-refractivity contribution in [2.45, 2.75) is 20.0 Å². The van der Waals surface area contributed by atoms with Crippen LogP contribution in [0.3, 0.4) is 0 Å². The number of fused-ring (bicyclic) bond motifs is 3. The van der Waals surface area contributed by atoms with Gasteiger partial charge >= 0.3 is 5.69 Å². The molecular formula is C27H23ClN4O3. The second-order valence-electron chi connectivity index (χ2n) is 8.58. The number of amides is 1. The van der Waals surface area contributed by atoms with E-state index in [1.807, 2.05) is 55.5 Å². The molecule has 5 rings (SSSR count). The van der Waals surface area contributed by atoms with Crippen LogP contribution in [0.4, 0.5) is 5.69 Å². The smallest absolute Gasteiger partial charge is 0.332 e. The van der Waals surface area contributed by atoms with Crippen LogP contribution < -0.4 is 16.6 Å². The van der Waals surface area contributed by atoms with Crippen LogP contribution in [0.5, 0.6) is 0 Å². The van der Waals surface area contributed by atoms with Crippen molar-refractivity contribution >= 4 is 45.1 Å². The van der Waals surface area contributed by atoms with Crippen LogP contribution in [0.15, 0.2) is 82.4 Å². The highest BCUT2D eigenvalue weighted by molar-refractivity contribution is 6.30. The first-order valence-electron chi connectivity index (χ1n) is 11.1. The highest BCUT2D eigenvalue weighted by atomic mass is 35.5. The molecule has 5 aromatic rings. The Balaban J connectivity index is 1.72. The van der Waals surface area contributed by atoms with Crippen LogP contribution in [0, 0.1) is 6.92 Å². The average molecular weight is 487 g/mol. The molecule has 0 aliphatic rings. The van der Waals surface area contributed by atoms with Crippen molar-refractivity contribution in [3.63, 3.8) is 0 Å². The minimum absolute atomic E-state index is 0.102. The largest absolute Gasteiger partial charge is 0.338 e. The summed E-state index contributed by atoms with van der Waals surface area (Å²) in [6, 6.07) is 21.9. The molecule has 1 N–H and O–H groups in total. The number of hydrogen-bond donors (Lipinski definition) is 1. The maximum Gasteiger partial charge on any atom is 0.332 e. The van der Waals surface area contributed by atoms with Gasteiger partial charge in [-0.3, -0.25) is 18.7 Å². The number of aromatic nitrogens is 3. The Kier molecular flexibility index (Phi) is 5.78. The molecule has 0 fully saturated rings. The minimum atomic E-state index is -0.540. The fourth-order valence-electron chi connectivity index (χ4n) is 4.48. The molecule has 1 amide bonds. The number of carbonyl (C=O) groups excluding carboxylic acids is 1. The molecule has 0 atom stereocenters. The number of halogens is 1. The molecule has 35 heavy (non-hydrogen) atoms. The molecule has 0 saturated carbocycles. The third-order valence-corrected chi connectivity index (χ3v) is 6.34. The van der Waals surface area contributed by atoms with Crippen LogP contribution in [-0.4, -0.2) is 19.6 Å². The zero-order chi connectivity index (χ0) is 24.7. The summed E-state index contributed by atoms with van der Waals surface area (Å²) in [6.45, 7) is 1.79. The Morgan fingerprint density at radius 2 is 1.69 bits per heavy atom. The molecule has 176 valence electrons. The molecule has 0 aliphatic heterocycles. The van der Waals surface area contributed by atoms with Gasteiger partial charge in [0.15, 0.2) is 0 Å². The Hall–Kier alpha value is -4.10. The Labute approximate surface area is 205 Å². The van der Waals surface area contributed by atoms with Crippen molar-refractivity contribution in [3.8, 4) is 0 Å². The quantitative estimate of drug-likeness (QED) is 0.402. The lowest BCUT2D eigenvalue weighted by molar-refractivity contribution is -0.116. The van der Waals surface area contributed by atoms with Crippen LogP contribution in [0.25, 0.3) is 21.9 Å². The molecule has 0 saturated heterocycles.